The molecule has 0 aliphatic rings. The summed E-state index contributed by atoms with van der Waals surface area (Å²) in [7, 11) is 2.04. The van der Waals surface area contributed by atoms with Crippen molar-refractivity contribution in [2.75, 3.05) is 6.54 Å². The van der Waals surface area contributed by atoms with Gasteiger partial charge in [0.1, 0.15) is 5.82 Å². The van der Waals surface area contributed by atoms with Crippen LogP contribution in [0, 0.1) is 0 Å². The van der Waals surface area contributed by atoms with Gasteiger partial charge in [-0.05, 0) is 53.0 Å². The molecule has 1 aromatic heterocycles. The van der Waals surface area contributed by atoms with E-state index < -0.39 is 0 Å². The number of rotatable bonds is 7. The first-order valence-electron chi connectivity index (χ1n) is 7.26. The van der Waals surface area contributed by atoms with Gasteiger partial charge in [0.05, 0.1) is 5.02 Å². The second kappa shape index (κ2) is 7.97. The van der Waals surface area contributed by atoms with Crippen molar-refractivity contribution in [2.45, 2.75) is 32.2 Å². The molecule has 0 spiro atoms. The van der Waals surface area contributed by atoms with Gasteiger partial charge in [-0.1, -0.05) is 24.6 Å². The molecule has 1 unspecified atom stereocenters. The van der Waals surface area contributed by atoms with E-state index in [9.17, 15) is 0 Å². The normalized spacial score (nSPS) is 12.6. The second-order valence-corrected chi connectivity index (χ2v) is 6.43. The highest BCUT2D eigenvalue weighted by Crippen LogP contribution is 2.28. The Morgan fingerprint density at radius 2 is 2.24 bits per heavy atom. The first kappa shape index (κ1) is 16.5. The van der Waals surface area contributed by atoms with Crippen LogP contribution in [0.25, 0.3) is 0 Å². The van der Waals surface area contributed by atoms with Gasteiger partial charge in [-0.25, -0.2) is 4.98 Å². The Morgan fingerprint density at radius 1 is 1.43 bits per heavy atom. The Balaban J connectivity index is 2.09. The number of nitrogens with zero attached hydrogens (tertiary/aromatic N) is 2. The summed E-state index contributed by atoms with van der Waals surface area (Å²) in [5, 5.41) is 4.36. The fraction of sp³-hybridized carbons (Fsp3) is 0.438. The highest BCUT2D eigenvalue weighted by molar-refractivity contribution is 9.10. The third kappa shape index (κ3) is 4.56. The molecule has 0 fully saturated rings. The van der Waals surface area contributed by atoms with Crippen LogP contribution in [0.1, 0.15) is 37.2 Å². The van der Waals surface area contributed by atoms with Crippen LogP contribution in [0.5, 0.6) is 0 Å². The number of halogens is 2. The topological polar surface area (TPSA) is 29.9 Å². The van der Waals surface area contributed by atoms with Crippen LogP contribution < -0.4 is 5.32 Å². The molecule has 0 amide bonds. The predicted octanol–water partition coefficient (Wildman–Crippen LogP) is 4.51. The monoisotopic (exact) mass is 369 g/mol. The molecule has 1 heterocycles. The van der Waals surface area contributed by atoms with Crippen molar-refractivity contribution in [3.63, 3.8) is 0 Å². The lowest BCUT2D eigenvalue weighted by Gasteiger charge is -2.19. The maximum atomic E-state index is 6.23. The van der Waals surface area contributed by atoms with Gasteiger partial charge in [-0.2, -0.15) is 0 Å². The van der Waals surface area contributed by atoms with Crippen LogP contribution >= 0.6 is 27.5 Å². The zero-order chi connectivity index (χ0) is 15.2. The Labute approximate surface area is 139 Å². The van der Waals surface area contributed by atoms with E-state index >= 15 is 0 Å². The SMILES string of the molecule is CCCNC(CCc1nccn1C)c1ccc(Br)c(Cl)c1. The van der Waals surface area contributed by atoms with Crippen molar-refractivity contribution in [2.24, 2.45) is 7.05 Å². The minimum Gasteiger partial charge on any atom is -0.338 e. The molecule has 0 saturated heterocycles. The first-order chi connectivity index (χ1) is 10.1. The van der Waals surface area contributed by atoms with E-state index in [4.69, 9.17) is 11.6 Å². The second-order valence-electron chi connectivity index (χ2n) is 5.17. The van der Waals surface area contributed by atoms with Crippen LogP contribution in [-0.2, 0) is 13.5 Å². The summed E-state index contributed by atoms with van der Waals surface area (Å²) in [6, 6.07) is 6.48. The largest absolute Gasteiger partial charge is 0.338 e. The molecule has 1 N–H and O–H groups in total. The van der Waals surface area contributed by atoms with Crippen molar-refractivity contribution in [3.05, 3.63) is 51.5 Å². The van der Waals surface area contributed by atoms with E-state index in [0.717, 1.165) is 41.1 Å². The van der Waals surface area contributed by atoms with Gasteiger partial charge in [0.2, 0.25) is 0 Å². The van der Waals surface area contributed by atoms with Gasteiger partial charge < -0.3 is 9.88 Å². The van der Waals surface area contributed by atoms with E-state index in [1.165, 1.54) is 5.56 Å². The lowest BCUT2D eigenvalue weighted by atomic mass is 10.0. The third-order valence-corrected chi connectivity index (χ3v) is 4.80. The van der Waals surface area contributed by atoms with E-state index in [0.29, 0.717) is 6.04 Å². The minimum atomic E-state index is 0.298. The smallest absolute Gasteiger partial charge is 0.108 e. The summed E-state index contributed by atoms with van der Waals surface area (Å²) in [6.45, 7) is 3.18. The van der Waals surface area contributed by atoms with Crippen molar-refractivity contribution < 1.29 is 0 Å². The molecular formula is C16H21BrClN3. The number of benzene rings is 1. The zero-order valence-electron chi connectivity index (χ0n) is 12.4. The lowest BCUT2D eigenvalue weighted by molar-refractivity contribution is 0.491. The van der Waals surface area contributed by atoms with E-state index in [2.05, 4.69) is 43.8 Å². The molecule has 3 nitrogen and oxygen atoms in total. The van der Waals surface area contributed by atoms with Crippen molar-refractivity contribution >= 4 is 27.5 Å². The van der Waals surface area contributed by atoms with Gasteiger partial charge in [0.25, 0.3) is 0 Å². The van der Waals surface area contributed by atoms with Crippen LogP contribution in [-0.4, -0.2) is 16.1 Å². The van der Waals surface area contributed by atoms with Crippen molar-refractivity contribution in [1.29, 1.82) is 0 Å². The predicted molar refractivity (Wildman–Crippen MR) is 91.7 cm³/mol. The maximum Gasteiger partial charge on any atom is 0.108 e. The molecule has 1 aromatic carbocycles. The molecule has 0 aliphatic carbocycles. The third-order valence-electron chi connectivity index (χ3n) is 3.56. The Hall–Kier alpha value is -0.840. The summed E-state index contributed by atoms with van der Waals surface area (Å²) in [4.78, 5) is 4.39. The average molecular weight is 371 g/mol. The molecule has 0 radical (unpaired) electrons. The molecule has 5 heteroatoms. The minimum absolute atomic E-state index is 0.298. The molecule has 0 aliphatic heterocycles. The van der Waals surface area contributed by atoms with Crippen LogP contribution in [0.3, 0.4) is 0 Å². The van der Waals surface area contributed by atoms with Crippen LogP contribution in [0.15, 0.2) is 35.1 Å². The number of imidazole rings is 1. The summed E-state index contributed by atoms with van der Waals surface area (Å²) in [6.07, 6.45) is 6.89. The molecule has 21 heavy (non-hydrogen) atoms. The summed E-state index contributed by atoms with van der Waals surface area (Å²) >= 11 is 9.67. The molecule has 2 rings (SSSR count). The highest BCUT2D eigenvalue weighted by atomic mass is 79.9. The first-order valence-corrected chi connectivity index (χ1v) is 8.43. The fourth-order valence-electron chi connectivity index (χ4n) is 2.35. The van der Waals surface area contributed by atoms with E-state index in [1.807, 2.05) is 31.6 Å². The molecule has 1 atom stereocenters. The van der Waals surface area contributed by atoms with Crippen molar-refractivity contribution in [3.8, 4) is 0 Å². The van der Waals surface area contributed by atoms with Gasteiger partial charge >= 0.3 is 0 Å². The van der Waals surface area contributed by atoms with Crippen molar-refractivity contribution in [1.82, 2.24) is 14.9 Å². The highest BCUT2D eigenvalue weighted by Gasteiger charge is 2.13. The summed E-state index contributed by atoms with van der Waals surface area (Å²) < 4.78 is 3.01. The molecule has 0 saturated carbocycles. The van der Waals surface area contributed by atoms with Gasteiger partial charge in [0, 0.05) is 36.4 Å². The molecule has 114 valence electrons. The number of aryl methyl sites for hydroxylation is 2. The van der Waals surface area contributed by atoms with Gasteiger partial charge in [-0.3, -0.25) is 0 Å². The maximum absolute atomic E-state index is 6.23. The Kier molecular flexibility index (Phi) is 6.27. The number of hydrogen-bond acceptors (Lipinski definition) is 2. The summed E-state index contributed by atoms with van der Waals surface area (Å²) in [5.74, 6) is 1.11. The number of nitrogens with one attached hydrogen (secondary N) is 1. The van der Waals surface area contributed by atoms with Gasteiger partial charge in [-0.15, -0.1) is 0 Å². The van der Waals surface area contributed by atoms with E-state index in [1.54, 1.807) is 0 Å². The molecular weight excluding hydrogens is 350 g/mol. The van der Waals surface area contributed by atoms with Gasteiger partial charge in [0.15, 0.2) is 0 Å². The van der Waals surface area contributed by atoms with Crippen LogP contribution in [0.2, 0.25) is 5.02 Å². The van der Waals surface area contributed by atoms with Crippen LogP contribution in [0.4, 0.5) is 0 Å². The Bertz CT molecular complexity index is 583. The number of hydrogen-bond donors (Lipinski definition) is 1. The fourth-order valence-corrected chi connectivity index (χ4v) is 2.78. The zero-order valence-corrected chi connectivity index (χ0v) is 14.8. The summed E-state index contributed by atoms with van der Waals surface area (Å²) in [5.41, 5.74) is 1.23. The molecule has 2 aromatic rings. The quantitative estimate of drug-likeness (QED) is 0.777. The average Bonchev–Trinajstić information content (AvgIpc) is 2.88. The lowest BCUT2D eigenvalue weighted by Crippen LogP contribution is -2.23. The Morgan fingerprint density at radius 3 is 2.86 bits per heavy atom. The molecule has 0 bridgehead atoms. The number of aromatic nitrogens is 2. The van der Waals surface area contributed by atoms with E-state index in [-0.39, 0.29) is 0 Å². The standard InChI is InChI=1S/C16H21BrClN3/c1-3-8-19-15(6-7-16-20-9-10-21(16)2)12-4-5-13(17)14(18)11-12/h4-5,9-11,15,19H,3,6-8H2,1-2H3.